The summed E-state index contributed by atoms with van der Waals surface area (Å²) in [4.78, 5) is 0. The van der Waals surface area contributed by atoms with Gasteiger partial charge in [0.15, 0.2) is 0 Å². The molecule has 0 heterocycles. The highest BCUT2D eigenvalue weighted by molar-refractivity contribution is 5.57. The van der Waals surface area contributed by atoms with Gasteiger partial charge in [0.1, 0.15) is 23.9 Å². The molecule has 0 spiro atoms. The summed E-state index contributed by atoms with van der Waals surface area (Å²) < 4.78 is 11.3. The van der Waals surface area contributed by atoms with Crippen molar-refractivity contribution in [2.24, 2.45) is 0 Å². The quantitative estimate of drug-likeness (QED) is 0.881. The molecule has 2 rings (SSSR count). The summed E-state index contributed by atoms with van der Waals surface area (Å²) in [5.74, 6) is 1.83. The lowest BCUT2D eigenvalue weighted by atomic mass is 10.1. The maximum atomic E-state index is 9.69. The van der Waals surface area contributed by atoms with Crippen LogP contribution >= 0.6 is 0 Å². The molecule has 0 radical (unpaired) electrons. The number of phenols is 1. The number of methoxy groups -OCH3 is 1. The molecule has 2 aromatic carbocycles. The molecule has 0 saturated carbocycles. The average molecular weight is 287 g/mol. The van der Waals surface area contributed by atoms with Crippen LogP contribution in [0.3, 0.4) is 0 Å². The van der Waals surface area contributed by atoms with Gasteiger partial charge in [0.25, 0.3) is 0 Å². The first-order valence-electron chi connectivity index (χ1n) is 6.83. The second-order valence-corrected chi connectivity index (χ2v) is 4.93. The SMILES string of the molecule is CNc1cccc(OC)c1COc1cc(C)c(O)cc1C. The number of nitrogens with one attached hydrogen (secondary N) is 1. The Morgan fingerprint density at radius 3 is 2.52 bits per heavy atom. The molecule has 0 aliphatic carbocycles. The summed E-state index contributed by atoms with van der Waals surface area (Å²) in [6, 6.07) is 9.39. The smallest absolute Gasteiger partial charge is 0.127 e. The van der Waals surface area contributed by atoms with Crippen molar-refractivity contribution in [2.45, 2.75) is 20.5 Å². The highest BCUT2D eigenvalue weighted by Crippen LogP contribution is 2.31. The monoisotopic (exact) mass is 287 g/mol. The molecule has 2 aromatic rings. The van der Waals surface area contributed by atoms with Crippen molar-refractivity contribution < 1.29 is 14.6 Å². The van der Waals surface area contributed by atoms with Crippen LogP contribution in [0.5, 0.6) is 17.2 Å². The molecule has 0 unspecified atom stereocenters. The molecule has 2 N–H and O–H groups in total. The Labute approximate surface area is 125 Å². The number of hydrogen-bond acceptors (Lipinski definition) is 4. The topological polar surface area (TPSA) is 50.7 Å². The first kappa shape index (κ1) is 15.0. The maximum absolute atomic E-state index is 9.69. The van der Waals surface area contributed by atoms with Crippen LogP contribution in [0.25, 0.3) is 0 Å². The summed E-state index contributed by atoms with van der Waals surface area (Å²) in [6.07, 6.45) is 0. The highest BCUT2D eigenvalue weighted by Gasteiger charge is 2.11. The van der Waals surface area contributed by atoms with Gasteiger partial charge < -0.3 is 19.9 Å². The second-order valence-electron chi connectivity index (χ2n) is 4.93. The molecule has 21 heavy (non-hydrogen) atoms. The van der Waals surface area contributed by atoms with E-state index in [1.165, 1.54) is 0 Å². The van der Waals surface area contributed by atoms with E-state index in [-0.39, 0.29) is 5.75 Å². The summed E-state index contributed by atoms with van der Waals surface area (Å²) in [7, 11) is 3.52. The fourth-order valence-electron chi connectivity index (χ4n) is 2.22. The van der Waals surface area contributed by atoms with Gasteiger partial charge in [-0.25, -0.2) is 0 Å². The number of rotatable bonds is 5. The number of aromatic hydroxyl groups is 1. The molecule has 4 nitrogen and oxygen atoms in total. The van der Waals surface area contributed by atoms with Crippen LogP contribution in [0, 0.1) is 13.8 Å². The largest absolute Gasteiger partial charge is 0.508 e. The van der Waals surface area contributed by atoms with Crippen LogP contribution < -0.4 is 14.8 Å². The number of benzene rings is 2. The van der Waals surface area contributed by atoms with E-state index in [1.807, 2.05) is 45.2 Å². The van der Waals surface area contributed by atoms with Crippen molar-refractivity contribution in [1.82, 2.24) is 0 Å². The molecule has 0 aliphatic heterocycles. The van der Waals surface area contributed by atoms with Gasteiger partial charge in [-0.1, -0.05) is 6.07 Å². The zero-order chi connectivity index (χ0) is 15.4. The van der Waals surface area contributed by atoms with Crippen molar-refractivity contribution in [2.75, 3.05) is 19.5 Å². The van der Waals surface area contributed by atoms with Crippen molar-refractivity contribution in [3.63, 3.8) is 0 Å². The van der Waals surface area contributed by atoms with E-state index in [0.717, 1.165) is 33.9 Å². The van der Waals surface area contributed by atoms with Crippen molar-refractivity contribution in [3.8, 4) is 17.2 Å². The lowest BCUT2D eigenvalue weighted by molar-refractivity contribution is 0.294. The third-order valence-electron chi connectivity index (χ3n) is 3.49. The Morgan fingerprint density at radius 2 is 1.86 bits per heavy atom. The second kappa shape index (κ2) is 6.39. The lowest BCUT2D eigenvalue weighted by Gasteiger charge is -2.16. The zero-order valence-electron chi connectivity index (χ0n) is 12.9. The van der Waals surface area contributed by atoms with Gasteiger partial charge in [0.2, 0.25) is 0 Å². The standard InChI is InChI=1S/C17H21NO3/c1-11-9-17(12(2)8-15(11)19)21-10-13-14(18-3)6-5-7-16(13)20-4/h5-9,18-19H,10H2,1-4H3. The van der Waals surface area contributed by atoms with Crippen LogP contribution in [0.4, 0.5) is 5.69 Å². The Balaban J connectivity index is 2.26. The molecule has 0 bridgehead atoms. The van der Waals surface area contributed by atoms with E-state index in [1.54, 1.807) is 13.2 Å². The first-order chi connectivity index (χ1) is 10.1. The highest BCUT2D eigenvalue weighted by atomic mass is 16.5. The molecule has 0 aromatic heterocycles. The maximum Gasteiger partial charge on any atom is 0.127 e. The van der Waals surface area contributed by atoms with E-state index in [4.69, 9.17) is 9.47 Å². The van der Waals surface area contributed by atoms with Gasteiger partial charge in [0.05, 0.1) is 12.7 Å². The number of aryl methyl sites for hydroxylation is 2. The molecule has 0 fully saturated rings. The normalized spacial score (nSPS) is 10.3. The minimum Gasteiger partial charge on any atom is -0.508 e. The third kappa shape index (κ3) is 3.21. The molecular weight excluding hydrogens is 266 g/mol. The van der Waals surface area contributed by atoms with Crippen LogP contribution in [0.2, 0.25) is 0 Å². The number of ether oxygens (including phenoxy) is 2. The molecule has 112 valence electrons. The Hall–Kier alpha value is -2.36. The van der Waals surface area contributed by atoms with Crippen molar-refractivity contribution >= 4 is 5.69 Å². The number of anilines is 1. The van der Waals surface area contributed by atoms with Gasteiger partial charge in [-0.2, -0.15) is 0 Å². The predicted octanol–water partition coefficient (Wildman–Crippen LogP) is 3.64. The van der Waals surface area contributed by atoms with Crippen LogP contribution in [0.1, 0.15) is 16.7 Å². The van der Waals surface area contributed by atoms with Gasteiger partial charge >= 0.3 is 0 Å². The fraction of sp³-hybridized carbons (Fsp3) is 0.294. The molecular formula is C17H21NO3. The Morgan fingerprint density at radius 1 is 1.10 bits per heavy atom. The van der Waals surface area contributed by atoms with E-state index >= 15 is 0 Å². The Kier molecular flexibility index (Phi) is 4.58. The number of phenolic OH excluding ortho intramolecular Hbond substituents is 1. The Bertz CT molecular complexity index is 616. The van der Waals surface area contributed by atoms with Crippen molar-refractivity contribution in [3.05, 3.63) is 47.0 Å². The fourth-order valence-corrected chi connectivity index (χ4v) is 2.22. The van der Waals surface area contributed by atoms with Crippen LogP contribution in [-0.4, -0.2) is 19.3 Å². The minimum absolute atomic E-state index is 0.285. The lowest BCUT2D eigenvalue weighted by Crippen LogP contribution is -2.04. The molecule has 0 amide bonds. The van der Waals surface area contributed by atoms with Crippen LogP contribution in [0.15, 0.2) is 30.3 Å². The molecule has 0 saturated heterocycles. The summed E-state index contributed by atoms with van der Waals surface area (Å²) in [6.45, 7) is 4.16. The predicted molar refractivity (Wildman–Crippen MR) is 84.5 cm³/mol. The third-order valence-corrected chi connectivity index (χ3v) is 3.49. The number of hydrogen-bond donors (Lipinski definition) is 2. The van der Waals surface area contributed by atoms with E-state index < -0.39 is 0 Å². The molecule has 0 aliphatic rings. The van der Waals surface area contributed by atoms with Gasteiger partial charge in [-0.3, -0.25) is 0 Å². The first-order valence-corrected chi connectivity index (χ1v) is 6.83. The van der Waals surface area contributed by atoms with E-state index in [0.29, 0.717) is 6.61 Å². The van der Waals surface area contributed by atoms with Gasteiger partial charge in [-0.15, -0.1) is 0 Å². The summed E-state index contributed by atoms with van der Waals surface area (Å²) >= 11 is 0. The van der Waals surface area contributed by atoms with E-state index in [9.17, 15) is 5.11 Å². The summed E-state index contributed by atoms with van der Waals surface area (Å²) in [5, 5.41) is 12.8. The van der Waals surface area contributed by atoms with Gasteiger partial charge in [-0.05, 0) is 49.2 Å². The zero-order valence-corrected chi connectivity index (χ0v) is 12.9. The van der Waals surface area contributed by atoms with Gasteiger partial charge in [0, 0.05) is 12.7 Å². The van der Waals surface area contributed by atoms with Crippen LogP contribution in [-0.2, 0) is 6.61 Å². The minimum atomic E-state index is 0.285. The molecule has 4 heteroatoms. The molecule has 0 atom stereocenters. The average Bonchev–Trinajstić information content (AvgIpc) is 2.49. The van der Waals surface area contributed by atoms with E-state index in [2.05, 4.69) is 5.32 Å². The van der Waals surface area contributed by atoms with Crippen molar-refractivity contribution in [1.29, 1.82) is 0 Å². The summed E-state index contributed by atoms with van der Waals surface area (Å²) in [5.41, 5.74) is 3.64.